The number of benzene rings is 2. The Hall–Kier alpha value is -2.77. The zero-order valence-corrected chi connectivity index (χ0v) is 13.3. The van der Waals surface area contributed by atoms with E-state index in [1.807, 2.05) is 0 Å². The van der Waals surface area contributed by atoms with Gasteiger partial charge in [0, 0.05) is 11.1 Å². The molecule has 0 radical (unpaired) electrons. The van der Waals surface area contributed by atoms with E-state index >= 15 is 0 Å². The van der Waals surface area contributed by atoms with Gasteiger partial charge in [-0.15, -0.1) is 0 Å². The molecule has 0 spiro atoms. The van der Waals surface area contributed by atoms with E-state index < -0.39 is 23.7 Å². The maximum absolute atomic E-state index is 12.0. The third-order valence-electron chi connectivity index (χ3n) is 3.24. The number of rotatable bonds is 3. The molecule has 1 atom stereocenters. The van der Waals surface area contributed by atoms with Gasteiger partial charge in [0.2, 0.25) is 0 Å². The molecule has 0 saturated heterocycles. The molecule has 2 aromatic carbocycles. The van der Waals surface area contributed by atoms with Gasteiger partial charge in [-0.2, -0.15) is 0 Å². The molecule has 0 bridgehead atoms. The Morgan fingerprint density at radius 3 is 2.46 bits per heavy atom. The normalized spacial score (nSPS) is 11.6. The van der Waals surface area contributed by atoms with Crippen LogP contribution in [0, 0.1) is 6.92 Å². The second-order valence-electron chi connectivity index (χ2n) is 5.06. The molecule has 0 saturated carbocycles. The average Bonchev–Trinajstić information content (AvgIpc) is 2.50. The molecular weight excluding hydrogens is 336 g/mol. The predicted molar refractivity (Wildman–Crippen MR) is 86.5 cm³/mol. The Morgan fingerprint density at radius 2 is 1.83 bits per heavy atom. The van der Waals surface area contributed by atoms with Crippen LogP contribution in [0.5, 0.6) is 11.5 Å². The lowest BCUT2D eigenvalue weighted by molar-refractivity contribution is -0.130. The molecule has 8 heteroatoms. The van der Waals surface area contributed by atoms with Crippen molar-refractivity contribution in [3.8, 4) is 11.5 Å². The summed E-state index contributed by atoms with van der Waals surface area (Å²) in [6, 6.07) is 8.39. The number of hydrazine groups is 1. The highest BCUT2D eigenvalue weighted by Gasteiger charge is 2.20. The number of carbonyl (C=O) groups excluding carboxylic acids is 2. The van der Waals surface area contributed by atoms with Gasteiger partial charge in [-0.3, -0.25) is 20.4 Å². The third-order valence-corrected chi connectivity index (χ3v) is 3.47. The fourth-order valence-electron chi connectivity index (χ4n) is 2.12. The molecular formula is C16H15ClN2O5. The number of carbonyl (C=O) groups is 2. The highest BCUT2D eigenvalue weighted by molar-refractivity contribution is 6.30. The van der Waals surface area contributed by atoms with Crippen molar-refractivity contribution in [3.63, 3.8) is 0 Å². The van der Waals surface area contributed by atoms with E-state index in [0.29, 0.717) is 10.6 Å². The zero-order chi connectivity index (χ0) is 17.9. The van der Waals surface area contributed by atoms with Crippen LogP contribution < -0.4 is 10.9 Å². The summed E-state index contributed by atoms with van der Waals surface area (Å²) in [5.74, 6) is -2.30. The Balaban J connectivity index is 2.05. The summed E-state index contributed by atoms with van der Waals surface area (Å²) in [7, 11) is 0. The molecule has 0 fully saturated rings. The first kappa shape index (κ1) is 17.6. The minimum atomic E-state index is -1.53. The SMILES string of the molecule is Cc1cc(O)cc(O)c1C(=O)NNC(=O)[C@H](O)c1cccc(Cl)c1. The van der Waals surface area contributed by atoms with Gasteiger partial charge >= 0.3 is 0 Å². The third kappa shape index (κ3) is 3.95. The lowest BCUT2D eigenvalue weighted by Gasteiger charge is -2.14. The Kier molecular flexibility index (Phi) is 5.28. The van der Waals surface area contributed by atoms with Crippen molar-refractivity contribution in [1.29, 1.82) is 0 Å². The van der Waals surface area contributed by atoms with Crippen LogP contribution >= 0.6 is 11.6 Å². The highest BCUT2D eigenvalue weighted by Crippen LogP contribution is 2.26. The van der Waals surface area contributed by atoms with E-state index in [-0.39, 0.29) is 16.9 Å². The lowest BCUT2D eigenvalue weighted by atomic mass is 10.1. The molecule has 0 aliphatic heterocycles. The summed E-state index contributed by atoms with van der Waals surface area (Å²) < 4.78 is 0. The minimum Gasteiger partial charge on any atom is -0.508 e. The summed E-state index contributed by atoms with van der Waals surface area (Å²) in [6.45, 7) is 1.51. The molecule has 0 aromatic heterocycles. The van der Waals surface area contributed by atoms with Gasteiger partial charge in [0.15, 0.2) is 6.10 Å². The Bertz CT molecular complexity index is 771. The van der Waals surface area contributed by atoms with Gasteiger partial charge < -0.3 is 15.3 Å². The average molecular weight is 351 g/mol. The van der Waals surface area contributed by atoms with Crippen molar-refractivity contribution in [1.82, 2.24) is 10.9 Å². The lowest BCUT2D eigenvalue weighted by Crippen LogP contribution is -2.44. The molecule has 0 aliphatic rings. The maximum Gasteiger partial charge on any atom is 0.273 e. The van der Waals surface area contributed by atoms with E-state index in [9.17, 15) is 24.9 Å². The van der Waals surface area contributed by atoms with Gasteiger partial charge in [0.05, 0.1) is 5.56 Å². The first-order valence-corrected chi connectivity index (χ1v) is 7.23. The smallest absolute Gasteiger partial charge is 0.273 e. The van der Waals surface area contributed by atoms with E-state index in [1.165, 1.54) is 25.1 Å². The Morgan fingerprint density at radius 1 is 1.12 bits per heavy atom. The quantitative estimate of drug-likeness (QED) is 0.538. The maximum atomic E-state index is 12.0. The van der Waals surface area contributed by atoms with Gasteiger partial charge in [0.25, 0.3) is 11.8 Å². The van der Waals surface area contributed by atoms with Crippen LogP contribution in [0.1, 0.15) is 27.6 Å². The second-order valence-corrected chi connectivity index (χ2v) is 5.49. The largest absolute Gasteiger partial charge is 0.508 e. The molecule has 2 rings (SSSR count). The molecule has 7 nitrogen and oxygen atoms in total. The fourth-order valence-corrected chi connectivity index (χ4v) is 2.32. The van der Waals surface area contributed by atoms with Crippen LogP contribution in [0.15, 0.2) is 36.4 Å². The monoisotopic (exact) mass is 350 g/mol. The molecule has 2 amide bonds. The number of halogens is 1. The number of hydrogen-bond donors (Lipinski definition) is 5. The van der Waals surface area contributed by atoms with Crippen molar-refractivity contribution >= 4 is 23.4 Å². The van der Waals surface area contributed by atoms with Crippen LogP contribution in [0.3, 0.4) is 0 Å². The number of hydrogen-bond acceptors (Lipinski definition) is 5. The minimum absolute atomic E-state index is 0.106. The summed E-state index contributed by atoms with van der Waals surface area (Å²) in [4.78, 5) is 23.9. The molecule has 24 heavy (non-hydrogen) atoms. The number of nitrogens with one attached hydrogen (secondary N) is 2. The summed E-state index contributed by atoms with van der Waals surface area (Å²) in [5.41, 5.74) is 4.62. The number of phenolic OH excluding ortho intramolecular Hbond substituents is 2. The second kappa shape index (κ2) is 7.20. The van der Waals surface area contributed by atoms with Crippen LogP contribution in [0.25, 0.3) is 0 Å². The van der Waals surface area contributed by atoms with Crippen molar-refractivity contribution in [3.05, 3.63) is 58.1 Å². The van der Waals surface area contributed by atoms with Crippen LogP contribution in [-0.2, 0) is 4.79 Å². The van der Waals surface area contributed by atoms with E-state index in [1.54, 1.807) is 12.1 Å². The first-order valence-electron chi connectivity index (χ1n) is 6.86. The molecule has 0 heterocycles. The number of aryl methyl sites for hydroxylation is 1. The topological polar surface area (TPSA) is 119 Å². The van der Waals surface area contributed by atoms with Crippen molar-refractivity contribution in [2.24, 2.45) is 0 Å². The van der Waals surface area contributed by atoms with Crippen LogP contribution in [-0.4, -0.2) is 27.1 Å². The number of aromatic hydroxyl groups is 2. The van der Waals surface area contributed by atoms with Gasteiger partial charge in [-0.05, 0) is 36.2 Å². The van der Waals surface area contributed by atoms with Crippen LogP contribution in [0.4, 0.5) is 0 Å². The molecule has 5 N–H and O–H groups in total. The summed E-state index contributed by atoms with van der Waals surface area (Å²) in [6.07, 6.45) is -1.53. The summed E-state index contributed by atoms with van der Waals surface area (Å²) >= 11 is 5.79. The van der Waals surface area contributed by atoms with E-state index in [2.05, 4.69) is 10.9 Å². The number of amides is 2. The number of phenols is 2. The van der Waals surface area contributed by atoms with Crippen molar-refractivity contribution in [2.75, 3.05) is 0 Å². The number of aliphatic hydroxyl groups excluding tert-OH is 1. The fraction of sp³-hybridized carbons (Fsp3) is 0.125. The van der Waals surface area contributed by atoms with Crippen molar-refractivity contribution in [2.45, 2.75) is 13.0 Å². The first-order chi connectivity index (χ1) is 11.3. The van der Waals surface area contributed by atoms with Gasteiger partial charge in [-0.1, -0.05) is 23.7 Å². The number of aliphatic hydroxyl groups is 1. The standard InChI is InChI=1S/C16H15ClN2O5/c1-8-5-11(20)7-12(21)13(8)15(23)18-19-16(24)14(22)9-3-2-4-10(17)6-9/h2-7,14,20-22H,1H3,(H,18,23)(H,19,24)/t14-/m1/s1. The highest BCUT2D eigenvalue weighted by atomic mass is 35.5. The van der Waals surface area contributed by atoms with Gasteiger partial charge in [0.1, 0.15) is 11.5 Å². The van der Waals surface area contributed by atoms with E-state index in [4.69, 9.17) is 11.6 Å². The predicted octanol–water partition coefficient (Wildman–Crippen LogP) is 1.55. The molecule has 0 aliphatic carbocycles. The Labute approximate surface area is 142 Å². The van der Waals surface area contributed by atoms with Gasteiger partial charge in [-0.25, -0.2) is 0 Å². The molecule has 126 valence electrons. The van der Waals surface area contributed by atoms with E-state index in [0.717, 1.165) is 6.07 Å². The molecule has 0 unspecified atom stereocenters. The van der Waals surface area contributed by atoms with Crippen molar-refractivity contribution < 1.29 is 24.9 Å². The zero-order valence-electron chi connectivity index (χ0n) is 12.6. The molecule has 2 aromatic rings. The van der Waals surface area contributed by atoms with Crippen LogP contribution in [0.2, 0.25) is 5.02 Å². The summed E-state index contributed by atoms with van der Waals surface area (Å²) in [5, 5.41) is 29.4.